The normalized spacial score (nSPS) is 9.95. The Morgan fingerprint density at radius 2 is 2.14 bits per heavy atom. The lowest BCUT2D eigenvalue weighted by atomic mass is 10.2. The standard InChI is InChI=1S/C15H18N6/c1-3-4-9-21(2)15-19-14(11-17-20-15)18-13-8-6-5-7-12(13)10-16/h5-8,11H,3-4,9H2,1-2H3,(H,18,19,20). The van der Waals surface area contributed by atoms with Crippen molar-refractivity contribution in [2.24, 2.45) is 0 Å². The van der Waals surface area contributed by atoms with Crippen LogP contribution in [0.4, 0.5) is 17.5 Å². The average Bonchev–Trinajstić information content (AvgIpc) is 2.53. The molecule has 21 heavy (non-hydrogen) atoms. The molecule has 0 radical (unpaired) electrons. The van der Waals surface area contributed by atoms with Gasteiger partial charge in [0, 0.05) is 13.6 Å². The van der Waals surface area contributed by atoms with Gasteiger partial charge in [0.2, 0.25) is 5.95 Å². The summed E-state index contributed by atoms with van der Waals surface area (Å²) in [4.78, 5) is 6.40. The molecule has 0 atom stereocenters. The average molecular weight is 282 g/mol. The molecule has 1 heterocycles. The van der Waals surface area contributed by atoms with Gasteiger partial charge >= 0.3 is 0 Å². The van der Waals surface area contributed by atoms with Gasteiger partial charge in [-0.3, -0.25) is 0 Å². The third-order valence-electron chi connectivity index (χ3n) is 3.05. The summed E-state index contributed by atoms with van der Waals surface area (Å²) in [5.41, 5.74) is 1.28. The molecular formula is C15H18N6. The highest BCUT2D eigenvalue weighted by atomic mass is 15.3. The number of aromatic nitrogens is 3. The van der Waals surface area contributed by atoms with Crippen molar-refractivity contribution in [1.29, 1.82) is 5.26 Å². The zero-order valence-electron chi connectivity index (χ0n) is 12.2. The summed E-state index contributed by atoms with van der Waals surface area (Å²) < 4.78 is 0. The summed E-state index contributed by atoms with van der Waals surface area (Å²) in [6.07, 6.45) is 3.74. The molecule has 0 aliphatic rings. The van der Waals surface area contributed by atoms with Gasteiger partial charge in [-0.15, -0.1) is 5.10 Å². The molecular weight excluding hydrogens is 264 g/mol. The van der Waals surface area contributed by atoms with E-state index in [1.54, 1.807) is 12.3 Å². The summed E-state index contributed by atoms with van der Waals surface area (Å²) in [6, 6.07) is 9.43. The first-order valence-electron chi connectivity index (χ1n) is 6.91. The highest BCUT2D eigenvalue weighted by Gasteiger charge is 2.07. The van der Waals surface area contributed by atoms with E-state index in [4.69, 9.17) is 5.26 Å². The molecule has 2 rings (SSSR count). The minimum atomic E-state index is 0.567. The Bertz CT molecular complexity index is 634. The lowest BCUT2D eigenvalue weighted by molar-refractivity contribution is 0.741. The minimum absolute atomic E-state index is 0.567. The number of nitriles is 1. The van der Waals surface area contributed by atoms with E-state index in [-0.39, 0.29) is 0 Å². The van der Waals surface area contributed by atoms with Gasteiger partial charge in [-0.1, -0.05) is 25.5 Å². The molecule has 0 aliphatic carbocycles. The first kappa shape index (κ1) is 14.7. The quantitative estimate of drug-likeness (QED) is 0.877. The Morgan fingerprint density at radius 1 is 1.33 bits per heavy atom. The van der Waals surface area contributed by atoms with E-state index in [2.05, 4.69) is 33.5 Å². The number of rotatable bonds is 6. The van der Waals surface area contributed by atoms with Crippen LogP contribution in [-0.2, 0) is 0 Å². The fourth-order valence-electron chi connectivity index (χ4n) is 1.84. The van der Waals surface area contributed by atoms with Crippen molar-refractivity contribution in [3.63, 3.8) is 0 Å². The van der Waals surface area contributed by atoms with Gasteiger partial charge in [0.25, 0.3) is 0 Å². The number of benzene rings is 1. The molecule has 0 unspecified atom stereocenters. The highest BCUT2D eigenvalue weighted by Crippen LogP contribution is 2.19. The van der Waals surface area contributed by atoms with E-state index in [0.717, 1.165) is 19.4 Å². The second-order valence-corrected chi connectivity index (χ2v) is 4.70. The maximum Gasteiger partial charge on any atom is 0.247 e. The van der Waals surface area contributed by atoms with Crippen LogP contribution in [0.5, 0.6) is 0 Å². The monoisotopic (exact) mass is 282 g/mol. The van der Waals surface area contributed by atoms with E-state index in [9.17, 15) is 0 Å². The van der Waals surface area contributed by atoms with Gasteiger partial charge in [-0.25, -0.2) is 0 Å². The second-order valence-electron chi connectivity index (χ2n) is 4.70. The van der Waals surface area contributed by atoms with Crippen LogP contribution in [0.1, 0.15) is 25.3 Å². The molecule has 6 nitrogen and oxygen atoms in total. The minimum Gasteiger partial charge on any atom is -0.343 e. The van der Waals surface area contributed by atoms with E-state index < -0.39 is 0 Å². The molecule has 1 aromatic carbocycles. The van der Waals surface area contributed by atoms with Gasteiger partial charge in [-0.05, 0) is 18.6 Å². The SMILES string of the molecule is CCCCN(C)c1nncc(Nc2ccccc2C#N)n1. The highest BCUT2D eigenvalue weighted by molar-refractivity contribution is 5.64. The van der Waals surface area contributed by atoms with Crippen molar-refractivity contribution < 1.29 is 0 Å². The molecule has 108 valence electrons. The smallest absolute Gasteiger partial charge is 0.247 e. The van der Waals surface area contributed by atoms with Crippen LogP contribution in [0.3, 0.4) is 0 Å². The third-order valence-corrected chi connectivity index (χ3v) is 3.05. The van der Waals surface area contributed by atoms with Crippen molar-refractivity contribution in [2.75, 3.05) is 23.8 Å². The number of anilines is 3. The predicted molar refractivity (Wildman–Crippen MR) is 82.4 cm³/mol. The predicted octanol–water partition coefficient (Wildman–Crippen LogP) is 2.72. The number of nitrogens with zero attached hydrogens (tertiary/aromatic N) is 5. The Balaban J connectivity index is 2.16. The van der Waals surface area contributed by atoms with Crippen molar-refractivity contribution in [1.82, 2.24) is 15.2 Å². The van der Waals surface area contributed by atoms with Crippen molar-refractivity contribution in [2.45, 2.75) is 19.8 Å². The van der Waals surface area contributed by atoms with Gasteiger partial charge in [0.05, 0.1) is 17.4 Å². The maximum absolute atomic E-state index is 9.09. The molecule has 0 bridgehead atoms. The Kier molecular flexibility index (Phi) is 5.04. The molecule has 6 heteroatoms. The summed E-state index contributed by atoms with van der Waals surface area (Å²) in [6.45, 7) is 3.03. The van der Waals surface area contributed by atoms with Gasteiger partial charge in [0.15, 0.2) is 5.82 Å². The van der Waals surface area contributed by atoms with E-state index in [1.165, 1.54) is 0 Å². The molecule has 0 saturated carbocycles. The summed E-state index contributed by atoms with van der Waals surface area (Å²) in [5, 5.41) is 20.2. The number of hydrogen-bond donors (Lipinski definition) is 1. The Morgan fingerprint density at radius 3 is 2.90 bits per heavy atom. The zero-order chi connectivity index (χ0) is 15.1. The fraction of sp³-hybridized carbons (Fsp3) is 0.333. The molecule has 0 spiro atoms. The molecule has 0 amide bonds. The first-order chi connectivity index (χ1) is 10.2. The van der Waals surface area contributed by atoms with E-state index >= 15 is 0 Å². The molecule has 0 saturated heterocycles. The van der Waals surface area contributed by atoms with Crippen molar-refractivity contribution >= 4 is 17.5 Å². The van der Waals surface area contributed by atoms with E-state index in [1.807, 2.05) is 30.1 Å². The Hall–Kier alpha value is -2.68. The molecule has 0 fully saturated rings. The zero-order valence-corrected chi connectivity index (χ0v) is 12.2. The largest absolute Gasteiger partial charge is 0.343 e. The van der Waals surface area contributed by atoms with Gasteiger partial charge in [0.1, 0.15) is 6.07 Å². The third kappa shape index (κ3) is 3.89. The van der Waals surface area contributed by atoms with Crippen LogP contribution >= 0.6 is 0 Å². The van der Waals surface area contributed by atoms with Crippen molar-refractivity contribution in [3.05, 3.63) is 36.0 Å². The van der Waals surface area contributed by atoms with Crippen LogP contribution in [-0.4, -0.2) is 28.8 Å². The molecule has 1 N–H and O–H groups in total. The van der Waals surface area contributed by atoms with Gasteiger partial charge < -0.3 is 10.2 Å². The lowest BCUT2D eigenvalue weighted by Crippen LogP contribution is -2.21. The Labute approximate surface area is 124 Å². The van der Waals surface area contributed by atoms with Crippen LogP contribution < -0.4 is 10.2 Å². The first-order valence-corrected chi connectivity index (χ1v) is 6.91. The number of unbranched alkanes of at least 4 members (excludes halogenated alkanes) is 1. The second kappa shape index (κ2) is 7.20. The fourth-order valence-corrected chi connectivity index (χ4v) is 1.84. The lowest BCUT2D eigenvalue weighted by Gasteiger charge is -2.16. The topological polar surface area (TPSA) is 77.7 Å². The van der Waals surface area contributed by atoms with Crippen LogP contribution in [0, 0.1) is 11.3 Å². The maximum atomic E-state index is 9.09. The van der Waals surface area contributed by atoms with Crippen LogP contribution in [0.2, 0.25) is 0 Å². The van der Waals surface area contributed by atoms with Crippen LogP contribution in [0.25, 0.3) is 0 Å². The summed E-state index contributed by atoms with van der Waals surface area (Å²) in [7, 11) is 1.94. The molecule has 1 aromatic heterocycles. The number of para-hydroxylation sites is 1. The molecule has 2 aromatic rings. The summed E-state index contributed by atoms with van der Waals surface area (Å²) >= 11 is 0. The van der Waals surface area contributed by atoms with Gasteiger partial charge in [-0.2, -0.15) is 15.3 Å². The molecule has 0 aliphatic heterocycles. The number of nitrogens with one attached hydrogen (secondary N) is 1. The van der Waals surface area contributed by atoms with Crippen molar-refractivity contribution in [3.8, 4) is 6.07 Å². The van der Waals surface area contributed by atoms with E-state index in [0.29, 0.717) is 23.0 Å². The number of hydrogen-bond acceptors (Lipinski definition) is 6. The van der Waals surface area contributed by atoms with Crippen LogP contribution in [0.15, 0.2) is 30.5 Å². The summed E-state index contributed by atoms with van der Waals surface area (Å²) in [5.74, 6) is 1.15.